The number of para-hydroxylation sites is 2. The number of aromatic hydroxyl groups is 4. The van der Waals surface area contributed by atoms with Gasteiger partial charge in [-0.1, -0.05) is 25.0 Å². The number of phenols is 4. The van der Waals surface area contributed by atoms with Gasteiger partial charge in [0.25, 0.3) is 0 Å². The number of nitrogens with zero attached hydrogens (tertiary/aromatic N) is 2. The molecular formula is C20H22N2O4. The zero-order chi connectivity index (χ0) is 18.5. The lowest BCUT2D eigenvalue weighted by Gasteiger charge is -2.25. The van der Waals surface area contributed by atoms with Gasteiger partial charge in [-0.25, -0.2) is 0 Å². The van der Waals surface area contributed by atoms with Crippen LogP contribution in [0.25, 0.3) is 0 Å². The van der Waals surface area contributed by atoms with E-state index < -0.39 is 0 Å². The van der Waals surface area contributed by atoms with Crippen LogP contribution in [0.5, 0.6) is 23.0 Å². The summed E-state index contributed by atoms with van der Waals surface area (Å²) in [7, 11) is 0. The van der Waals surface area contributed by atoms with Crippen molar-refractivity contribution in [1.29, 1.82) is 0 Å². The van der Waals surface area contributed by atoms with Crippen molar-refractivity contribution in [3.63, 3.8) is 0 Å². The number of aliphatic imine (C=N–C) groups is 2. The van der Waals surface area contributed by atoms with Gasteiger partial charge >= 0.3 is 0 Å². The van der Waals surface area contributed by atoms with Gasteiger partial charge in [-0.05, 0) is 37.1 Å². The first-order valence-electron chi connectivity index (χ1n) is 8.64. The second kappa shape index (κ2) is 7.91. The molecule has 0 saturated heterocycles. The van der Waals surface area contributed by atoms with Crippen LogP contribution in [0.15, 0.2) is 46.4 Å². The maximum absolute atomic E-state index is 9.88. The molecule has 6 nitrogen and oxygen atoms in total. The van der Waals surface area contributed by atoms with Gasteiger partial charge in [-0.15, -0.1) is 0 Å². The van der Waals surface area contributed by atoms with Crippen molar-refractivity contribution in [2.24, 2.45) is 9.98 Å². The van der Waals surface area contributed by atoms with Crippen LogP contribution in [0, 0.1) is 0 Å². The second-order valence-electron chi connectivity index (χ2n) is 6.41. The number of rotatable bonds is 4. The summed E-state index contributed by atoms with van der Waals surface area (Å²) in [5, 5.41) is 38.9. The van der Waals surface area contributed by atoms with Crippen molar-refractivity contribution in [2.75, 3.05) is 0 Å². The van der Waals surface area contributed by atoms with Crippen LogP contribution in [0.3, 0.4) is 0 Å². The van der Waals surface area contributed by atoms with E-state index in [1.807, 2.05) is 0 Å². The SMILES string of the molecule is Oc1cccc(C=N[C@H]2CCCC[C@@H]2N=Cc2cccc(O)c2O)c1O. The molecule has 3 rings (SSSR count). The molecule has 0 bridgehead atoms. The molecule has 136 valence electrons. The molecular weight excluding hydrogens is 332 g/mol. The zero-order valence-corrected chi connectivity index (χ0v) is 14.3. The molecule has 1 aliphatic carbocycles. The van der Waals surface area contributed by atoms with E-state index in [9.17, 15) is 20.4 Å². The molecule has 1 aliphatic rings. The lowest BCUT2D eigenvalue weighted by atomic mass is 9.91. The monoisotopic (exact) mass is 354 g/mol. The van der Waals surface area contributed by atoms with Crippen LogP contribution >= 0.6 is 0 Å². The molecule has 2 atom stereocenters. The Hall–Kier alpha value is -3.02. The minimum absolute atomic E-state index is 0.0406. The highest BCUT2D eigenvalue weighted by Crippen LogP contribution is 2.29. The van der Waals surface area contributed by atoms with E-state index in [0.29, 0.717) is 11.1 Å². The third-order valence-electron chi connectivity index (χ3n) is 4.60. The van der Waals surface area contributed by atoms with Crippen LogP contribution < -0.4 is 0 Å². The van der Waals surface area contributed by atoms with Crippen molar-refractivity contribution < 1.29 is 20.4 Å². The van der Waals surface area contributed by atoms with Crippen LogP contribution in [0.4, 0.5) is 0 Å². The number of hydrogen-bond acceptors (Lipinski definition) is 6. The Balaban J connectivity index is 1.77. The predicted molar refractivity (Wildman–Crippen MR) is 101 cm³/mol. The molecule has 0 unspecified atom stereocenters. The Morgan fingerprint density at radius 2 is 1.12 bits per heavy atom. The highest BCUT2D eigenvalue weighted by atomic mass is 16.3. The Labute approximate surface area is 151 Å². The smallest absolute Gasteiger partial charge is 0.166 e. The van der Waals surface area contributed by atoms with Crippen molar-refractivity contribution in [3.05, 3.63) is 47.5 Å². The first kappa shape index (κ1) is 17.8. The minimum atomic E-state index is -0.184. The first-order chi connectivity index (χ1) is 12.6. The van der Waals surface area contributed by atoms with E-state index in [4.69, 9.17) is 0 Å². The van der Waals surface area contributed by atoms with Crippen molar-refractivity contribution in [2.45, 2.75) is 37.8 Å². The minimum Gasteiger partial charge on any atom is -0.504 e. The lowest BCUT2D eigenvalue weighted by molar-refractivity contribution is 0.389. The Bertz CT molecular complexity index is 763. The summed E-state index contributed by atoms with van der Waals surface area (Å²) >= 11 is 0. The fraction of sp³-hybridized carbons (Fsp3) is 0.300. The molecule has 4 N–H and O–H groups in total. The summed E-state index contributed by atoms with van der Waals surface area (Å²) in [6.07, 6.45) is 7.00. The Morgan fingerprint density at radius 1 is 0.692 bits per heavy atom. The molecule has 0 heterocycles. The normalized spacial score (nSPS) is 20.8. The van der Waals surface area contributed by atoms with E-state index in [1.54, 1.807) is 36.7 Å². The Morgan fingerprint density at radius 3 is 1.54 bits per heavy atom. The van der Waals surface area contributed by atoms with Crippen molar-refractivity contribution in [1.82, 2.24) is 0 Å². The maximum atomic E-state index is 9.88. The molecule has 0 spiro atoms. The fourth-order valence-corrected chi connectivity index (χ4v) is 3.10. The fourth-order valence-electron chi connectivity index (χ4n) is 3.10. The third kappa shape index (κ3) is 3.96. The highest BCUT2D eigenvalue weighted by molar-refractivity contribution is 5.85. The lowest BCUT2D eigenvalue weighted by Crippen LogP contribution is -2.27. The Kier molecular flexibility index (Phi) is 5.41. The summed E-state index contributed by atoms with van der Waals surface area (Å²) in [5.41, 5.74) is 0.924. The third-order valence-corrected chi connectivity index (χ3v) is 4.60. The molecule has 0 amide bonds. The summed E-state index contributed by atoms with van der Waals surface area (Å²) in [4.78, 5) is 9.13. The van der Waals surface area contributed by atoms with Crippen molar-refractivity contribution >= 4 is 12.4 Å². The van der Waals surface area contributed by atoms with Crippen LogP contribution in [-0.2, 0) is 0 Å². The highest BCUT2D eigenvalue weighted by Gasteiger charge is 2.23. The summed E-state index contributed by atoms with van der Waals surface area (Å²) in [6.45, 7) is 0. The topological polar surface area (TPSA) is 106 Å². The van der Waals surface area contributed by atoms with Gasteiger partial charge in [0.1, 0.15) is 0 Å². The van der Waals surface area contributed by atoms with Gasteiger partial charge in [0.2, 0.25) is 0 Å². The van der Waals surface area contributed by atoms with E-state index in [1.165, 1.54) is 12.1 Å². The quantitative estimate of drug-likeness (QED) is 0.499. The molecule has 1 fully saturated rings. The molecule has 26 heavy (non-hydrogen) atoms. The molecule has 6 heteroatoms. The standard InChI is InChI=1S/C20H22N2O4/c23-17-9-3-5-13(19(17)25)11-21-15-7-1-2-8-16(15)22-12-14-6-4-10-18(24)20(14)26/h3-6,9-12,15-16,23-26H,1-2,7-8H2/t15-,16-/m0/s1. The average molecular weight is 354 g/mol. The van der Waals surface area contributed by atoms with Crippen LogP contribution in [-0.4, -0.2) is 44.9 Å². The van der Waals surface area contributed by atoms with Gasteiger partial charge in [-0.2, -0.15) is 0 Å². The predicted octanol–water partition coefficient (Wildman–Crippen LogP) is 3.36. The van der Waals surface area contributed by atoms with E-state index in [0.717, 1.165) is 25.7 Å². The molecule has 2 aromatic rings. The average Bonchev–Trinajstić information content (AvgIpc) is 2.65. The van der Waals surface area contributed by atoms with Gasteiger partial charge in [-0.3, -0.25) is 9.98 Å². The van der Waals surface area contributed by atoms with Gasteiger partial charge < -0.3 is 20.4 Å². The molecule has 0 radical (unpaired) electrons. The summed E-state index contributed by atoms with van der Waals surface area (Å²) < 4.78 is 0. The molecule has 0 aromatic heterocycles. The van der Waals surface area contributed by atoms with E-state index in [2.05, 4.69) is 9.98 Å². The van der Waals surface area contributed by atoms with Crippen LogP contribution in [0.2, 0.25) is 0 Å². The molecule has 2 aromatic carbocycles. The summed E-state index contributed by atoms with van der Waals surface area (Å²) in [6, 6.07) is 9.43. The second-order valence-corrected chi connectivity index (χ2v) is 6.41. The van der Waals surface area contributed by atoms with Crippen molar-refractivity contribution in [3.8, 4) is 23.0 Å². The summed E-state index contributed by atoms with van der Waals surface area (Å²) in [5.74, 6) is -0.716. The number of phenolic OH excluding ortho intramolecular Hbond substituents is 4. The van der Waals surface area contributed by atoms with Crippen LogP contribution in [0.1, 0.15) is 36.8 Å². The zero-order valence-electron chi connectivity index (χ0n) is 14.3. The largest absolute Gasteiger partial charge is 0.504 e. The van der Waals surface area contributed by atoms with Gasteiger partial charge in [0.05, 0.1) is 12.1 Å². The number of hydrogen-bond donors (Lipinski definition) is 4. The van der Waals surface area contributed by atoms with E-state index >= 15 is 0 Å². The first-order valence-corrected chi connectivity index (χ1v) is 8.64. The molecule has 0 aliphatic heterocycles. The molecule has 1 saturated carbocycles. The number of benzene rings is 2. The van der Waals surface area contributed by atoms with Gasteiger partial charge in [0, 0.05) is 23.6 Å². The van der Waals surface area contributed by atoms with Gasteiger partial charge in [0.15, 0.2) is 23.0 Å². The van der Waals surface area contributed by atoms with E-state index in [-0.39, 0.29) is 35.1 Å². The maximum Gasteiger partial charge on any atom is 0.166 e.